The van der Waals surface area contributed by atoms with Crippen LogP contribution in [0.4, 0.5) is 0 Å². The second-order valence-corrected chi connectivity index (χ2v) is 9.34. The van der Waals surface area contributed by atoms with Crippen molar-refractivity contribution in [1.82, 2.24) is 9.62 Å². The fraction of sp³-hybridized carbons (Fsp3) is 0.667. The number of sulfonamides is 1. The average molecular weight is 369 g/mol. The van der Waals surface area contributed by atoms with Crippen molar-refractivity contribution in [2.24, 2.45) is 0 Å². The van der Waals surface area contributed by atoms with Crippen LogP contribution in [0.15, 0.2) is 20.1 Å². The second kappa shape index (κ2) is 7.17. The van der Waals surface area contributed by atoms with Crippen LogP contribution in [-0.2, 0) is 10.0 Å². The molecule has 1 rings (SSSR count). The van der Waals surface area contributed by atoms with Crippen LogP contribution >= 0.6 is 27.3 Å². The summed E-state index contributed by atoms with van der Waals surface area (Å²) in [6, 6.07) is 4.16. The van der Waals surface area contributed by atoms with Crippen molar-refractivity contribution < 1.29 is 8.42 Å². The summed E-state index contributed by atoms with van der Waals surface area (Å²) in [5, 5.41) is 0. The summed E-state index contributed by atoms with van der Waals surface area (Å²) in [4.78, 5) is 2.26. The van der Waals surface area contributed by atoms with E-state index in [1.807, 2.05) is 0 Å². The van der Waals surface area contributed by atoms with Gasteiger partial charge in [0.25, 0.3) is 0 Å². The highest BCUT2D eigenvalue weighted by Gasteiger charge is 2.18. The van der Waals surface area contributed by atoms with Gasteiger partial charge < -0.3 is 0 Å². The monoisotopic (exact) mass is 368 g/mol. The summed E-state index contributed by atoms with van der Waals surface area (Å²) in [7, 11) is -3.37. The summed E-state index contributed by atoms with van der Waals surface area (Å²) in [5.74, 6) is 0. The summed E-state index contributed by atoms with van der Waals surface area (Å²) in [5.41, 5.74) is 0. The van der Waals surface area contributed by atoms with Crippen LogP contribution in [0.1, 0.15) is 27.7 Å². The Balaban J connectivity index is 2.57. The normalized spacial score (nSPS) is 12.8. The van der Waals surface area contributed by atoms with Crippen LogP contribution in [0.25, 0.3) is 0 Å². The van der Waals surface area contributed by atoms with Gasteiger partial charge in [-0.25, -0.2) is 13.1 Å². The first kappa shape index (κ1) is 17.1. The predicted octanol–water partition coefficient (Wildman–Crippen LogP) is 2.91. The van der Waals surface area contributed by atoms with E-state index in [1.165, 1.54) is 11.3 Å². The molecule has 7 heteroatoms. The van der Waals surface area contributed by atoms with Crippen molar-refractivity contribution in [3.63, 3.8) is 0 Å². The highest BCUT2D eigenvalue weighted by molar-refractivity contribution is 9.11. The van der Waals surface area contributed by atoms with E-state index in [0.29, 0.717) is 29.4 Å². The molecular formula is C12H21BrN2O2S2. The molecule has 0 bridgehead atoms. The number of thiophene rings is 1. The lowest BCUT2D eigenvalue weighted by molar-refractivity contribution is 0.179. The topological polar surface area (TPSA) is 49.4 Å². The third kappa shape index (κ3) is 5.15. The first-order chi connectivity index (χ1) is 8.74. The van der Waals surface area contributed by atoms with E-state index < -0.39 is 10.0 Å². The maximum Gasteiger partial charge on any atom is 0.250 e. The quantitative estimate of drug-likeness (QED) is 0.804. The average Bonchev–Trinajstić information content (AvgIpc) is 2.71. The van der Waals surface area contributed by atoms with Gasteiger partial charge in [0.1, 0.15) is 4.21 Å². The number of nitrogens with zero attached hydrogens (tertiary/aromatic N) is 1. The summed E-state index contributed by atoms with van der Waals surface area (Å²) < 4.78 is 27.9. The highest BCUT2D eigenvalue weighted by atomic mass is 79.9. The third-order valence-corrected chi connectivity index (χ3v) is 6.38. The minimum absolute atomic E-state index is 0.347. The Bertz CT molecular complexity index is 490. The van der Waals surface area contributed by atoms with Gasteiger partial charge in [0.05, 0.1) is 3.79 Å². The SMILES string of the molecule is CC(C)N(CCNS(=O)(=O)c1ccc(Br)s1)C(C)C. The molecule has 19 heavy (non-hydrogen) atoms. The zero-order chi connectivity index (χ0) is 14.6. The Kier molecular flexibility index (Phi) is 6.46. The molecule has 4 nitrogen and oxygen atoms in total. The molecule has 0 aliphatic heterocycles. The molecule has 1 aromatic rings. The molecule has 0 saturated heterocycles. The molecule has 0 unspecified atom stereocenters. The lowest BCUT2D eigenvalue weighted by Crippen LogP contribution is -2.42. The lowest BCUT2D eigenvalue weighted by Gasteiger charge is -2.30. The molecule has 1 heterocycles. The van der Waals surface area contributed by atoms with E-state index in [4.69, 9.17) is 0 Å². The van der Waals surface area contributed by atoms with Crippen LogP contribution in [0.3, 0.4) is 0 Å². The zero-order valence-electron chi connectivity index (χ0n) is 11.7. The summed E-state index contributed by atoms with van der Waals surface area (Å²) in [6.45, 7) is 9.60. The van der Waals surface area contributed by atoms with E-state index in [0.717, 1.165) is 3.79 Å². The smallest absolute Gasteiger partial charge is 0.250 e. The molecule has 0 aromatic carbocycles. The van der Waals surface area contributed by atoms with E-state index in [9.17, 15) is 8.42 Å². The van der Waals surface area contributed by atoms with Gasteiger partial charge in [0.15, 0.2) is 0 Å². The fourth-order valence-corrected chi connectivity index (χ4v) is 5.01. The fourth-order valence-electron chi connectivity index (χ4n) is 1.94. The van der Waals surface area contributed by atoms with Crippen molar-refractivity contribution in [3.05, 3.63) is 15.9 Å². The number of nitrogens with one attached hydrogen (secondary N) is 1. The Morgan fingerprint density at radius 2 is 1.84 bits per heavy atom. The van der Waals surface area contributed by atoms with Gasteiger partial charge in [0.2, 0.25) is 10.0 Å². The maximum absolute atomic E-state index is 12.0. The van der Waals surface area contributed by atoms with Gasteiger partial charge in [-0.3, -0.25) is 4.90 Å². The maximum atomic E-state index is 12.0. The lowest BCUT2D eigenvalue weighted by atomic mass is 10.2. The Morgan fingerprint density at radius 3 is 2.26 bits per heavy atom. The molecule has 110 valence electrons. The minimum Gasteiger partial charge on any atom is -0.297 e. The van der Waals surface area contributed by atoms with E-state index in [1.54, 1.807) is 12.1 Å². The number of hydrogen-bond donors (Lipinski definition) is 1. The van der Waals surface area contributed by atoms with Crippen molar-refractivity contribution in [1.29, 1.82) is 0 Å². The number of hydrogen-bond acceptors (Lipinski definition) is 4. The van der Waals surface area contributed by atoms with E-state index in [2.05, 4.69) is 53.2 Å². The zero-order valence-corrected chi connectivity index (χ0v) is 14.9. The van der Waals surface area contributed by atoms with Gasteiger partial charge in [-0.05, 0) is 55.8 Å². The molecular weight excluding hydrogens is 348 g/mol. The van der Waals surface area contributed by atoms with Crippen LogP contribution in [0.2, 0.25) is 0 Å². The van der Waals surface area contributed by atoms with Gasteiger partial charge in [-0.15, -0.1) is 11.3 Å². The van der Waals surface area contributed by atoms with Gasteiger partial charge in [-0.1, -0.05) is 0 Å². The van der Waals surface area contributed by atoms with Gasteiger partial charge in [-0.2, -0.15) is 0 Å². The van der Waals surface area contributed by atoms with Crippen LogP contribution in [0.5, 0.6) is 0 Å². The second-order valence-electron chi connectivity index (χ2n) is 4.88. The number of halogens is 1. The van der Waals surface area contributed by atoms with Crippen LogP contribution < -0.4 is 4.72 Å². The molecule has 0 radical (unpaired) electrons. The van der Waals surface area contributed by atoms with Gasteiger partial charge >= 0.3 is 0 Å². The molecule has 1 aromatic heterocycles. The molecule has 0 aliphatic carbocycles. The van der Waals surface area contributed by atoms with Crippen molar-refractivity contribution in [2.45, 2.75) is 44.0 Å². The Morgan fingerprint density at radius 1 is 1.26 bits per heavy atom. The van der Waals surface area contributed by atoms with E-state index in [-0.39, 0.29) is 0 Å². The summed E-state index contributed by atoms with van der Waals surface area (Å²) in [6.07, 6.45) is 0. The highest BCUT2D eigenvalue weighted by Crippen LogP contribution is 2.25. The Hall–Kier alpha value is 0.0500. The van der Waals surface area contributed by atoms with Crippen molar-refractivity contribution >= 4 is 37.3 Å². The molecule has 0 spiro atoms. The van der Waals surface area contributed by atoms with Crippen LogP contribution in [0, 0.1) is 0 Å². The molecule has 0 amide bonds. The molecule has 0 saturated carbocycles. The first-order valence-electron chi connectivity index (χ1n) is 6.25. The largest absolute Gasteiger partial charge is 0.297 e. The molecule has 0 atom stereocenters. The van der Waals surface area contributed by atoms with Crippen molar-refractivity contribution in [2.75, 3.05) is 13.1 Å². The predicted molar refractivity (Wildman–Crippen MR) is 84.2 cm³/mol. The van der Waals surface area contributed by atoms with E-state index >= 15 is 0 Å². The van der Waals surface area contributed by atoms with Crippen LogP contribution in [-0.4, -0.2) is 38.5 Å². The standard InChI is InChI=1S/C12H21BrN2O2S2/c1-9(2)15(10(3)4)8-7-14-19(16,17)12-6-5-11(13)18-12/h5-6,9-10,14H,7-8H2,1-4H3. The minimum atomic E-state index is -3.37. The third-order valence-electron chi connectivity index (χ3n) is 2.80. The molecule has 1 N–H and O–H groups in total. The molecule has 0 fully saturated rings. The molecule has 0 aliphatic rings. The van der Waals surface area contributed by atoms with Crippen molar-refractivity contribution in [3.8, 4) is 0 Å². The first-order valence-corrected chi connectivity index (χ1v) is 9.34. The van der Waals surface area contributed by atoms with Gasteiger partial charge in [0, 0.05) is 25.2 Å². The number of rotatable bonds is 7. The Labute approximate surface area is 128 Å². The summed E-state index contributed by atoms with van der Waals surface area (Å²) >= 11 is 4.49.